The number of hydrogen-bond donors (Lipinski definition) is 0. The standard InChI is InChI=1S/C18H22N2O2S/c1-18(2,3)22-17(21)20-11-7-10-15(20)16-19-14(12-23-16)13-8-5-4-6-9-13/h4-6,8-9,12,15H,7,10-11H2,1-3H3/t15-/m0/s1. The van der Waals surface area contributed by atoms with Gasteiger partial charge in [0, 0.05) is 17.5 Å². The van der Waals surface area contributed by atoms with Gasteiger partial charge in [-0.25, -0.2) is 9.78 Å². The molecule has 2 heterocycles. The highest BCUT2D eigenvalue weighted by Gasteiger charge is 2.34. The Morgan fingerprint density at radius 2 is 2.04 bits per heavy atom. The van der Waals surface area contributed by atoms with Gasteiger partial charge in [-0.2, -0.15) is 0 Å². The predicted octanol–water partition coefficient (Wildman–Crippen LogP) is 4.88. The summed E-state index contributed by atoms with van der Waals surface area (Å²) in [6, 6.07) is 10.2. The third-order valence-electron chi connectivity index (χ3n) is 3.76. The number of thiazole rings is 1. The van der Waals surface area contributed by atoms with E-state index in [1.165, 1.54) is 0 Å². The number of likely N-dealkylation sites (tertiary alicyclic amines) is 1. The fourth-order valence-electron chi connectivity index (χ4n) is 2.74. The molecule has 0 saturated carbocycles. The Morgan fingerprint density at radius 3 is 2.74 bits per heavy atom. The fourth-order valence-corrected chi connectivity index (χ4v) is 3.72. The molecule has 23 heavy (non-hydrogen) atoms. The molecule has 2 aromatic rings. The number of aromatic nitrogens is 1. The molecule has 1 amide bonds. The quantitative estimate of drug-likeness (QED) is 0.788. The van der Waals surface area contributed by atoms with Gasteiger partial charge in [-0.05, 0) is 33.6 Å². The van der Waals surface area contributed by atoms with E-state index in [1.807, 2.05) is 43.9 Å². The predicted molar refractivity (Wildman–Crippen MR) is 92.5 cm³/mol. The smallest absolute Gasteiger partial charge is 0.410 e. The van der Waals surface area contributed by atoms with Crippen molar-refractivity contribution in [3.05, 3.63) is 40.7 Å². The first-order valence-electron chi connectivity index (χ1n) is 7.94. The van der Waals surface area contributed by atoms with E-state index in [0.717, 1.165) is 35.7 Å². The van der Waals surface area contributed by atoms with Crippen molar-refractivity contribution in [3.63, 3.8) is 0 Å². The Morgan fingerprint density at radius 1 is 1.30 bits per heavy atom. The maximum atomic E-state index is 12.4. The molecule has 0 radical (unpaired) electrons. The van der Waals surface area contributed by atoms with Crippen molar-refractivity contribution in [2.75, 3.05) is 6.54 Å². The first-order valence-corrected chi connectivity index (χ1v) is 8.82. The highest BCUT2D eigenvalue weighted by Crippen LogP contribution is 2.36. The van der Waals surface area contributed by atoms with E-state index < -0.39 is 5.60 Å². The van der Waals surface area contributed by atoms with Crippen LogP contribution >= 0.6 is 11.3 Å². The Balaban J connectivity index is 1.78. The lowest BCUT2D eigenvalue weighted by atomic mass is 10.2. The van der Waals surface area contributed by atoms with Crippen LogP contribution in [0.1, 0.15) is 44.7 Å². The molecule has 0 spiro atoms. The largest absolute Gasteiger partial charge is 0.444 e. The zero-order valence-electron chi connectivity index (χ0n) is 13.8. The number of rotatable bonds is 2. The van der Waals surface area contributed by atoms with Gasteiger partial charge in [0.05, 0.1) is 11.7 Å². The number of ether oxygens (including phenoxy) is 1. The Hall–Kier alpha value is -1.88. The lowest BCUT2D eigenvalue weighted by Gasteiger charge is -2.27. The third-order valence-corrected chi connectivity index (χ3v) is 4.70. The van der Waals surface area contributed by atoms with E-state index in [0.29, 0.717) is 0 Å². The van der Waals surface area contributed by atoms with E-state index in [2.05, 4.69) is 17.5 Å². The minimum atomic E-state index is -0.470. The molecule has 1 atom stereocenters. The lowest BCUT2D eigenvalue weighted by molar-refractivity contribution is 0.0224. The molecule has 5 heteroatoms. The highest BCUT2D eigenvalue weighted by molar-refractivity contribution is 7.10. The van der Waals surface area contributed by atoms with Crippen molar-refractivity contribution in [3.8, 4) is 11.3 Å². The summed E-state index contributed by atoms with van der Waals surface area (Å²) in [5.41, 5.74) is 1.61. The molecule has 4 nitrogen and oxygen atoms in total. The van der Waals surface area contributed by atoms with Crippen LogP contribution in [0.2, 0.25) is 0 Å². The van der Waals surface area contributed by atoms with E-state index in [9.17, 15) is 4.79 Å². The van der Waals surface area contributed by atoms with E-state index >= 15 is 0 Å². The van der Waals surface area contributed by atoms with Crippen molar-refractivity contribution < 1.29 is 9.53 Å². The molecule has 1 aromatic heterocycles. The summed E-state index contributed by atoms with van der Waals surface area (Å²) in [5.74, 6) is 0. The summed E-state index contributed by atoms with van der Waals surface area (Å²) in [6.07, 6.45) is 1.70. The molecule has 122 valence electrons. The minimum Gasteiger partial charge on any atom is -0.444 e. The molecule has 3 rings (SSSR count). The van der Waals surface area contributed by atoms with Crippen molar-refractivity contribution in [1.29, 1.82) is 0 Å². The summed E-state index contributed by atoms with van der Waals surface area (Å²) in [4.78, 5) is 19.0. The van der Waals surface area contributed by atoms with Crippen LogP contribution in [0.15, 0.2) is 35.7 Å². The summed E-state index contributed by atoms with van der Waals surface area (Å²) in [7, 11) is 0. The number of carbonyl (C=O) groups excluding carboxylic acids is 1. The Bertz CT molecular complexity index is 676. The minimum absolute atomic E-state index is 0.0345. The van der Waals surface area contributed by atoms with Crippen molar-refractivity contribution >= 4 is 17.4 Å². The molecule has 1 aromatic carbocycles. The van der Waals surface area contributed by atoms with Gasteiger partial charge < -0.3 is 4.74 Å². The van der Waals surface area contributed by atoms with Crippen LogP contribution in [0.3, 0.4) is 0 Å². The summed E-state index contributed by atoms with van der Waals surface area (Å²) in [5, 5.41) is 3.06. The maximum Gasteiger partial charge on any atom is 0.410 e. The number of nitrogens with zero attached hydrogens (tertiary/aromatic N) is 2. The molecule has 0 unspecified atom stereocenters. The maximum absolute atomic E-state index is 12.4. The molecule has 1 fully saturated rings. The SMILES string of the molecule is CC(C)(C)OC(=O)N1CCC[C@H]1c1nc(-c2ccccc2)cs1. The number of hydrogen-bond acceptors (Lipinski definition) is 4. The molecule has 0 aliphatic carbocycles. The summed E-state index contributed by atoms with van der Waals surface area (Å²) >= 11 is 1.62. The summed E-state index contributed by atoms with van der Waals surface area (Å²) in [6.45, 7) is 6.42. The third kappa shape index (κ3) is 3.72. The molecular formula is C18H22N2O2S. The molecule has 0 N–H and O–H groups in total. The van der Waals surface area contributed by atoms with Crippen molar-refractivity contribution in [2.24, 2.45) is 0 Å². The van der Waals surface area contributed by atoms with Crippen LogP contribution in [0.25, 0.3) is 11.3 Å². The Labute approximate surface area is 141 Å². The van der Waals surface area contributed by atoms with Gasteiger partial charge in [-0.3, -0.25) is 4.90 Å². The average molecular weight is 330 g/mol. The van der Waals surface area contributed by atoms with Gasteiger partial charge in [0.1, 0.15) is 10.6 Å². The van der Waals surface area contributed by atoms with E-state index in [-0.39, 0.29) is 12.1 Å². The van der Waals surface area contributed by atoms with Gasteiger partial charge in [-0.15, -0.1) is 11.3 Å². The summed E-state index contributed by atoms with van der Waals surface area (Å²) < 4.78 is 5.53. The first-order chi connectivity index (χ1) is 10.9. The molecular weight excluding hydrogens is 308 g/mol. The fraction of sp³-hybridized carbons (Fsp3) is 0.444. The van der Waals surface area contributed by atoms with E-state index in [1.54, 1.807) is 11.3 Å². The van der Waals surface area contributed by atoms with Gasteiger partial charge in [-0.1, -0.05) is 30.3 Å². The second-order valence-electron chi connectivity index (χ2n) is 6.77. The lowest BCUT2D eigenvalue weighted by Crippen LogP contribution is -2.36. The van der Waals surface area contributed by atoms with Crippen molar-refractivity contribution in [2.45, 2.75) is 45.3 Å². The monoisotopic (exact) mass is 330 g/mol. The molecule has 1 aliphatic rings. The van der Waals surface area contributed by atoms with Crippen LogP contribution in [-0.2, 0) is 4.74 Å². The van der Waals surface area contributed by atoms with Crippen LogP contribution in [-0.4, -0.2) is 28.1 Å². The highest BCUT2D eigenvalue weighted by atomic mass is 32.1. The number of benzene rings is 1. The second kappa shape index (κ2) is 6.32. The zero-order valence-corrected chi connectivity index (χ0v) is 14.6. The van der Waals surface area contributed by atoms with Gasteiger partial charge in [0.15, 0.2) is 0 Å². The molecule has 0 bridgehead atoms. The normalized spacial score (nSPS) is 18.2. The van der Waals surface area contributed by atoms with Crippen LogP contribution in [0.4, 0.5) is 4.79 Å². The molecule has 1 saturated heterocycles. The van der Waals surface area contributed by atoms with Gasteiger partial charge in [0.2, 0.25) is 0 Å². The number of carbonyl (C=O) groups is 1. The van der Waals surface area contributed by atoms with Crippen LogP contribution in [0, 0.1) is 0 Å². The zero-order chi connectivity index (χ0) is 16.4. The van der Waals surface area contributed by atoms with Gasteiger partial charge in [0.25, 0.3) is 0 Å². The average Bonchev–Trinajstić information content (AvgIpc) is 3.15. The van der Waals surface area contributed by atoms with Crippen LogP contribution < -0.4 is 0 Å². The van der Waals surface area contributed by atoms with Crippen molar-refractivity contribution in [1.82, 2.24) is 9.88 Å². The van der Waals surface area contributed by atoms with Crippen LogP contribution in [0.5, 0.6) is 0 Å². The number of amides is 1. The first kappa shape index (κ1) is 16.0. The topological polar surface area (TPSA) is 42.4 Å². The Kier molecular flexibility index (Phi) is 4.39. The van der Waals surface area contributed by atoms with E-state index in [4.69, 9.17) is 9.72 Å². The van der Waals surface area contributed by atoms with Gasteiger partial charge >= 0.3 is 6.09 Å². The second-order valence-corrected chi connectivity index (χ2v) is 7.66. The molecule has 1 aliphatic heterocycles.